The molecule has 0 fully saturated rings. The molecule has 0 aliphatic rings. The minimum atomic E-state index is -1.08. The lowest BCUT2D eigenvalue weighted by atomic mass is 10.2. The summed E-state index contributed by atoms with van der Waals surface area (Å²) in [6.45, 7) is 2.79. The maximum absolute atomic E-state index is 12.4. The van der Waals surface area contributed by atoms with Crippen LogP contribution in [0.2, 0.25) is 0 Å². The lowest BCUT2D eigenvalue weighted by molar-refractivity contribution is 0.0692. The monoisotopic (exact) mass is 401 g/mol. The smallest absolute Gasteiger partial charge is 0.339 e. The van der Waals surface area contributed by atoms with E-state index in [0.29, 0.717) is 23.6 Å². The van der Waals surface area contributed by atoms with Crippen molar-refractivity contribution in [3.63, 3.8) is 0 Å². The molecule has 0 aliphatic heterocycles. The van der Waals surface area contributed by atoms with Gasteiger partial charge < -0.3 is 24.9 Å². The van der Waals surface area contributed by atoms with Gasteiger partial charge in [0.05, 0.1) is 13.2 Å². The van der Waals surface area contributed by atoms with Crippen LogP contribution in [0, 0.1) is 0 Å². The zero-order chi connectivity index (χ0) is 20.8. The van der Waals surface area contributed by atoms with Gasteiger partial charge in [-0.3, -0.25) is 4.57 Å². The fourth-order valence-electron chi connectivity index (χ4n) is 2.79. The van der Waals surface area contributed by atoms with Crippen LogP contribution in [0.25, 0.3) is 11.2 Å². The molecular weight excluding hydrogens is 378 g/mol. The molecule has 0 unspecified atom stereocenters. The number of benzene rings is 1. The van der Waals surface area contributed by atoms with E-state index in [0.717, 1.165) is 12.8 Å². The average Bonchev–Trinajstić information content (AvgIpc) is 3.03. The molecule has 29 heavy (non-hydrogen) atoms. The molecule has 0 spiro atoms. The van der Waals surface area contributed by atoms with Crippen LogP contribution in [-0.4, -0.2) is 50.9 Å². The van der Waals surface area contributed by atoms with Gasteiger partial charge in [0.1, 0.15) is 23.4 Å². The first-order chi connectivity index (χ1) is 14.0. The van der Waals surface area contributed by atoms with Crippen molar-refractivity contribution in [2.75, 3.05) is 25.6 Å². The van der Waals surface area contributed by atoms with Gasteiger partial charge in [0.2, 0.25) is 0 Å². The van der Waals surface area contributed by atoms with Crippen molar-refractivity contribution in [1.82, 2.24) is 19.5 Å². The van der Waals surface area contributed by atoms with E-state index < -0.39 is 5.97 Å². The van der Waals surface area contributed by atoms with E-state index in [4.69, 9.17) is 9.47 Å². The average molecular weight is 401 g/mol. The highest BCUT2D eigenvalue weighted by molar-refractivity contribution is 5.90. The van der Waals surface area contributed by atoms with E-state index in [2.05, 4.69) is 27.2 Å². The van der Waals surface area contributed by atoms with Gasteiger partial charge in [0.25, 0.3) is 0 Å². The van der Waals surface area contributed by atoms with Crippen molar-refractivity contribution in [2.24, 2.45) is 0 Å². The largest absolute Gasteiger partial charge is 0.491 e. The highest BCUT2D eigenvalue weighted by Crippen LogP contribution is 2.21. The molecule has 10 heteroatoms. The summed E-state index contributed by atoms with van der Waals surface area (Å²) >= 11 is 0. The number of fused-ring (bicyclic) bond motifs is 1. The Balaban J connectivity index is 1.83. The Bertz CT molecular complexity index is 1060. The molecule has 2 heterocycles. The van der Waals surface area contributed by atoms with Crippen LogP contribution in [0.4, 0.5) is 5.82 Å². The van der Waals surface area contributed by atoms with E-state index in [-0.39, 0.29) is 36.2 Å². The first-order valence-electron chi connectivity index (χ1n) is 9.31. The molecule has 0 radical (unpaired) electrons. The molecule has 3 rings (SSSR count). The zero-order valence-corrected chi connectivity index (χ0v) is 16.3. The number of aromatic amines is 1. The fraction of sp³-hybridized carbons (Fsp3) is 0.368. The van der Waals surface area contributed by atoms with Crippen LogP contribution < -0.4 is 20.5 Å². The predicted octanol–water partition coefficient (Wildman–Crippen LogP) is 2.12. The topological polar surface area (TPSA) is 131 Å². The molecule has 0 saturated carbocycles. The molecule has 3 N–H and O–H groups in total. The summed E-state index contributed by atoms with van der Waals surface area (Å²) in [4.78, 5) is 35.1. The van der Waals surface area contributed by atoms with E-state index in [9.17, 15) is 14.7 Å². The Kier molecular flexibility index (Phi) is 6.32. The normalized spacial score (nSPS) is 10.8. The van der Waals surface area contributed by atoms with Crippen LogP contribution >= 0.6 is 0 Å². The molecule has 10 nitrogen and oxygen atoms in total. The van der Waals surface area contributed by atoms with Gasteiger partial charge in [-0.05, 0) is 18.6 Å². The Labute approximate surface area is 166 Å². The summed E-state index contributed by atoms with van der Waals surface area (Å²) in [6.07, 6.45) is 1.85. The molecule has 3 aromatic rings. The number of para-hydroxylation sites is 1. The van der Waals surface area contributed by atoms with Gasteiger partial charge in [0, 0.05) is 7.05 Å². The fourth-order valence-corrected chi connectivity index (χ4v) is 2.79. The minimum absolute atomic E-state index is 0.0604. The number of hydrogen-bond acceptors (Lipinski definition) is 7. The number of aromatic carboxylic acids is 1. The van der Waals surface area contributed by atoms with E-state index in [1.54, 1.807) is 25.2 Å². The summed E-state index contributed by atoms with van der Waals surface area (Å²) in [5, 5.41) is 12.2. The van der Waals surface area contributed by atoms with E-state index >= 15 is 0 Å². The van der Waals surface area contributed by atoms with Crippen molar-refractivity contribution >= 4 is 23.0 Å². The van der Waals surface area contributed by atoms with Crippen molar-refractivity contribution in [3.05, 3.63) is 40.3 Å². The number of hydrogen-bond donors (Lipinski definition) is 3. The van der Waals surface area contributed by atoms with Crippen molar-refractivity contribution in [1.29, 1.82) is 0 Å². The standard InChI is InChI=1S/C19H23N5O5/c1-3-4-10-29-18-22-15(20-2)14-16(23-18)24(19(27)21-14)9-11-28-13-8-6-5-7-12(13)17(25)26/h5-8H,3-4,9-11H2,1-2H3,(H,21,27)(H,25,26)(H,20,22,23). The highest BCUT2D eigenvalue weighted by Gasteiger charge is 2.16. The van der Waals surface area contributed by atoms with Gasteiger partial charge in [0.15, 0.2) is 11.5 Å². The van der Waals surface area contributed by atoms with Crippen molar-refractivity contribution in [3.8, 4) is 11.8 Å². The molecular formula is C19H23N5O5. The lowest BCUT2D eigenvalue weighted by Gasteiger charge is -2.10. The Morgan fingerprint density at radius 2 is 2.03 bits per heavy atom. The van der Waals surface area contributed by atoms with Crippen LogP contribution in [-0.2, 0) is 6.54 Å². The molecule has 154 valence electrons. The third kappa shape index (κ3) is 4.48. The Hall–Kier alpha value is -3.56. The Morgan fingerprint density at radius 3 is 2.76 bits per heavy atom. The van der Waals surface area contributed by atoms with Gasteiger partial charge >= 0.3 is 17.7 Å². The highest BCUT2D eigenvalue weighted by atomic mass is 16.5. The Morgan fingerprint density at radius 1 is 1.24 bits per heavy atom. The molecule has 2 aromatic heterocycles. The SMILES string of the molecule is CCCCOc1nc(NC)c2[nH]c(=O)n(CCOc3ccccc3C(=O)O)c2n1. The number of nitrogens with one attached hydrogen (secondary N) is 2. The van der Waals surface area contributed by atoms with Gasteiger partial charge in [-0.15, -0.1) is 0 Å². The zero-order valence-electron chi connectivity index (χ0n) is 16.3. The number of H-pyrrole nitrogens is 1. The number of rotatable bonds is 10. The quantitative estimate of drug-likeness (QED) is 0.440. The summed E-state index contributed by atoms with van der Waals surface area (Å²) in [5.41, 5.74) is 0.541. The van der Waals surface area contributed by atoms with Crippen LogP contribution in [0.15, 0.2) is 29.1 Å². The molecule has 1 aromatic carbocycles. The number of ether oxygens (including phenoxy) is 2. The number of imidazole rings is 1. The number of carboxylic acid groups (broad SMARTS) is 1. The van der Waals surface area contributed by atoms with Crippen LogP contribution in [0.3, 0.4) is 0 Å². The van der Waals surface area contributed by atoms with E-state index in [1.165, 1.54) is 10.6 Å². The molecule has 0 aliphatic carbocycles. The molecule has 0 bridgehead atoms. The minimum Gasteiger partial charge on any atom is -0.491 e. The number of anilines is 1. The number of carboxylic acids is 1. The van der Waals surface area contributed by atoms with Gasteiger partial charge in [-0.1, -0.05) is 25.5 Å². The first kappa shape index (κ1) is 20.2. The van der Waals surface area contributed by atoms with Gasteiger partial charge in [-0.2, -0.15) is 9.97 Å². The summed E-state index contributed by atoms with van der Waals surface area (Å²) < 4.78 is 12.6. The number of aromatic nitrogens is 4. The third-order valence-corrected chi connectivity index (χ3v) is 4.26. The van der Waals surface area contributed by atoms with Gasteiger partial charge in [-0.25, -0.2) is 9.59 Å². The summed E-state index contributed by atoms with van der Waals surface area (Å²) in [5.74, 6) is -0.387. The first-order valence-corrected chi connectivity index (χ1v) is 9.31. The third-order valence-electron chi connectivity index (χ3n) is 4.26. The number of nitrogens with zero attached hydrogens (tertiary/aromatic N) is 3. The van der Waals surface area contributed by atoms with Crippen LogP contribution in [0.1, 0.15) is 30.1 Å². The predicted molar refractivity (Wildman–Crippen MR) is 107 cm³/mol. The number of unbranched alkanes of at least 4 members (excludes halogenated alkanes) is 1. The number of carbonyl (C=O) groups is 1. The van der Waals surface area contributed by atoms with Crippen molar-refractivity contribution < 1.29 is 19.4 Å². The molecule has 0 saturated heterocycles. The second-order valence-electron chi connectivity index (χ2n) is 6.24. The van der Waals surface area contributed by atoms with E-state index in [1.807, 2.05) is 0 Å². The molecule has 0 amide bonds. The van der Waals surface area contributed by atoms with Crippen molar-refractivity contribution in [2.45, 2.75) is 26.3 Å². The maximum atomic E-state index is 12.4. The second kappa shape index (κ2) is 9.09. The summed E-state index contributed by atoms with van der Waals surface area (Å²) in [6, 6.07) is 6.52. The molecule has 0 atom stereocenters. The lowest BCUT2D eigenvalue weighted by Crippen LogP contribution is -2.21. The summed E-state index contributed by atoms with van der Waals surface area (Å²) in [7, 11) is 1.69. The second-order valence-corrected chi connectivity index (χ2v) is 6.24. The van der Waals surface area contributed by atoms with Crippen LogP contribution in [0.5, 0.6) is 11.8 Å². The maximum Gasteiger partial charge on any atom is 0.339 e.